The highest BCUT2D eigenvalue weighted by molar-refractivity contribution is 5.89. The zero-order valence-electron chi connectivity index (χ0n) is 19.8. The number of hydrogen-bond donors (Lipinski definition) is 4. The molecule has 2 unspecified atom stereocenters. The van der Waals surface area contributed by atoms with E-state index in [-0.39, 0.29) is 17.9 Å². The van der Waals surface area contributed by atoms with Crippen LogP contribution in [0.4, 0.5) is 0 Å². The molecule has 0 aromatic carbocycles. The molecule has 8 nitrogen and oxygen atoms in total. The van der Waals surface area contributed by atoms with Crippen molar-refractivity contribution in [3.63, 3.8) is 0 Å². The van der Waals surface area contributed by atoms with Crippen LogP contribution in [0.25, 0.3) is 0 Å². The van der Waals surface area contributed by atoms with Gasteiger partial charge in [0.25, 0.3) is 5.91 Å². The summed E-state index contributed by atoms with van der Waals surface area (Å²) in [7, 11) is 0. The standard InChI is InChI=1S/C25H35NO7/c1-14-6-9-19(28)10-8-15(2)12-22(26-24(30)18(5)27)33-23-16(3)21(13-20(29)11-7-14)32-25(31)17(23)4/h6-8,10-12,16,18-22,27-29H,9,13H2,1-5H3,(H,26,30)/b10-8+,11-7+,14-6+,15-12+/t16-,18?,19+,20-,21-,22?/m1/s1. The van der Waals surface area contributed by atoms with E-state index in [9.17, 15) is 24.9 Å². The number of carbonyl (C=O) groups is 2. The minimum atomic E-state index is -1.25. The highest BCUT2D eigenvalue weighted by atomic mass is 16.6. The minimum Gasteiger partial charge on any atom is -0.470 e. The van der Waals surface area contributed by atoms with Crippen LogP contribution in [0, 0.1) is 5.92 Å². The third-order valence-electron chi connectivity index (χ3n) is 5.56. The number of ether oxygens (including phenoxy) is 2. The van der Waals surface area contributed by atoms with Crippen molar-refractivity contribution in [3.05, 3.63) is 58.9 Å². The number of rotatable bonds is 2. The number of carbonyl (C=O) groups excluding carboxylic acids is 2. The average molecular weight is 462 g/mol. The van der Waals surface area contributed by atoms with E-state index in [0.717, 1.165) is 5.57 Å². The van der Waals surface area contributed by atoms with E-state index < -0.39 is 42.5 Å². The topological polar surface area (TPSA) is 125 Å². The highest BCUT2D eigenvalue weighted by Gasteiger charge is 2.36. The van der Waals surface area contributed by atoms with Crippen LogP contribution in [0.2, 0.25) is 0 Å². The van der Waals surface area contributed by atoms with Gasteiger partial charge in [-0.3, -0.25) is 4.79 Å². The summed E-state index contributed by atoms with van der Waals surface area (Å²) in [6.45, 7) is 8.40. The number of hydrogen-bond acceptors (Lipinski definition) is 7. The van der Waals surface area contributed by atoms with Crippen molar-refractivity contribution in [2.75, 3.05) is 0 Å². The number of esters is 1. The van der Waals surface area contributed by atoms with Crippen LogP contribution in [0.1, 0.15) is 47.5 Å². The summed E-state index contributed by atoms with van der Waals surface area (Å²) in [5, 5.41) is 32.9. The number of nitrogens with one attached hydrogen (secondary N) is 1. The zero-order valence-corrected chi connectivity index (χ0v) is 19.8. The van der Waals surface area contributed by atoms with Gasteiger partial charge in [-0.25, -0.2) is 4.79 Å². The molecular formula is C25H35NO7. The van der Waals surface area contributed by atoms with E-state index in [1.54, 1.807) is 44.2 Å². The van der Waals surface area contributed by atoms with Crippen molar-refractivity contribution in [2.45, 2.75) is 78.1 Å². The van der Waals surface area contributed by atoms with Gasteiger partial charge in [-0.2, -0.15) is 0 Å². The van der Waals surface area contributed by atoms with Crippen molar-refractivity contribution in [1.82, 2.24) is 5.32 Å². The van der Waals surface area contributed by atoms with E-state index in [0.29, 0.717) is 17.8 Å². The predicted octanol–water partition coefficient (Wildman–Crippen LogP) is 2.18. The molecule has 0 saturated heterocycles. The van der Waals surface area contributed by atoms with Crippen LogP contribution >= 0.6 is 0 Å². The lowest BCUT2D eigenvalue weighted by molar-refractivity contribution is -0.152. The van der Waals surface area contributed by atoms with Crippen LogP contribution in [-0.2, 0) is 19.1 Å². The monoisotopic (exact) mass is 461 g/mol. The first-order valence-electron chi connectivity index (χ1n) is 11.1. The molecule has 0 aromatic heterocycles. The van der Waals surface area contributed by atoms with Crippen LogP contribution in [0.3, 0.4) is 0 Å². The van der Waals surface area contributed by atoms with E-state index in [1.165, 1.54) is 6.92 Å². The number of aliphatic hydroxyl groups excluding tert-OH is 3. The summed E-state index contributed by atoms with van der Waals surface area (Å²) in [5.41, 5.74) is 1.85. The summed E-state index contributed by atoms with van der Waals surface area (Å²) in [5.74, 6) is -1.23. The lowest BCUT2D eigenvalue weighted by Crippen LogP contribution is -2.43. The molecule has 33 heavy (non-hydrogen) atoms. The van der Waals surface area contributed by atoms with Crippen LogP contribution < -0.4 is 5.32 Å². The minimum absolute atomic E-state index is 0.167. The van der Waals surface area contributed by atoms with Crippen molar-refractivity contribution in [2.24, 2.45) is 5.92 Å². The molecule has 182 valence electrons. The molecule has 2 heterocycles. The van der Waals surface area contributed by atoms with Gasteiger partial charge in [-0.1, -0.05) is 42.9 Å². The first kappa shape index (κ1) is 26.6. The molecule has 8 heteroatoms. The third kappa shape index (κ3) is 7.99. The Hall–Kier alpha value is -2.68. The lowest BCUT2D eigenvalue weighted by Gasteiger charge is -2.34. The Kier molecular flexibility index (Phi) is 9.64. The van der Waals surface area contributed by atoms with Crippen LogP contribution in [0.15, 0.2) is 58.9 Å². The maximum absolute atomic E-state index is 12.5. The first-order chi connectivity index (χ1) is 15.5. The molecule has 0 aliphatic carbocycles. The molecule has 2 aliphatic heterocycles. The molecule has 2 rings (SSSR count). The Bertz CT molecular complexity index is 881. The van der Waals surface area contributed by atoms with E-state index in [4.69, 9.17) is 9.47 Å². The average Bonchev–Trinajstić information content (AvgIpc) is 2.75. The van der Waals surface area contributed by atoms with Gasteiger partial charge < -0.3 is 30.1 Å². The quantitative estimate of drug-likeness (QED) is 0.465. The normalized spacial score (nSPS) is 35.5. The van der Waals surface area contributed by atoms with Gasteiger partial charge in [0, 0.05) is 6.42 Å². The third-order valence-corrected chi connectivity index (χ3v) is 5.56. The maximum atomic E-state index is 12.5. The van der Waals surface area contributed by atoms with Gasteiger partial charge in [0.2, 0.25) is 0 Å². The molecule has 0 aromatic rings. The zero-order chi connectivity index (χ0) is 24.7. The van der Waals surface area contributed by atoms with Crippen molar-refractivity contribution >= 4 is 11.9 Å². The van der Waals surface area contributed by atoms with Gasteiger partial charge in [0.15, 0.2) is 6.23 Å². The summed E-state index contributed by atoms with van der Waals surface area (Å²) in [6, 6.07) is 0. The number of aliphatic hydroxyl groups is 3. The van der Waals surface area contributed by atoms with Gasteiger partial charge in [0.05, 0.1) is 23.7 Å². The molecule has 2 bridgehead atoms. The largest absolute Gasteiger partial charge is 0.470 e. The molecule has 6 atom stereocenters. The van der Waals surface area contributed by atoms with Crippen molar-refractivity contribution in [1.29, 1.82) is 0 Å². The van der Waals surface area contributed by atoms with Gasteiger partial charge >= 0.3 is 5.97 Å². The molecule has 0 radical (unpaired) electrons. The summed E-state index contributed by atoms with van der Waals surface area (Å²) in [4.78, 5) is 24.6. The van der Waals surface area contributed by atoms with E-state index >= 15 is 0 Å². The summed E-state index contributed by atoms with van der Waals surface area (Å²) >= 11 is 0. The van der Waals surface area contributed by atoms with Crippen LogP contribution in [0.5, 0.6) is 0 Å². The lowest BCUT2D eigenvalue weighted by atomic mass is 9.92. The summed E-state index contributed by atoms with van der Waals surface area (Å²) in [6.07, 6.45) is 6.32. The van der Waals surface area contributed by atoms with Crippen molar-refractivity contribution < 1.29 is 34.4 Å². The van der Waals surface area contributed by atoms with E-state index in [2.05, 4.69) is 5.32 Å². The second-order valence-corrected chi connectivity index (χ2v) is 8.63. The Labute approximate surface area is 195 Å². The van der Waals surface area contributed by atoms with Gasteiger partial charge in [-0.15, -0.1) is 0 Å². The number of amides is 1. The Morgan fingerprint density at radius 1 is 1.09 bits per heavy atom. The highest BCUT2D eigenvalue weighted by Crippen LogP contribution is 2.32. The molecule has 2 aliphatic rings. The van der Waals surface area contributed by atoms with Gasteiger partial charge in [0.1, 0.15) is 18.0 Å². The Morgan fingerprint density at radius 2 is 1.73 bits per heavy atom. The predicted molar refractivity (Wildman–Crippen MR) is 123 cm³/mol. The van der Waals surface area contributed by atoms with Gasteiger partial charge in [-0.05, 0) is 45.8 Å². The van der Waals surface area contributed by atoms with Crippen molar-refractivity contribution in [3.8, 4) is 0 Å². The van der Waals surface area contributed by atoms with Crippen LogP contribution in [-0.4, -0.2) is 57.8 Å². The fourth-order valence-corrected chi connectivity index (χ4v) is 3.48. The molecular weight excluding hydrogens is 426 g/mol. The Morgan fingerprint density at radius 3 is 2.39 bits per heavy atom. The SMILES string of the molecule is CC1=C2OC(NC(=O)C(C)O)/C=C(C)/C=C/[C@@H](O)C/C=C(C)/C=C/[C@@H](O)C[C@@H](OC1=O)[C@H]2C. The molecule has 4 N–H and O–H groups in total. The molecule has 0 fully saturated rings. The second-order valence-electron chi connectivity index (χ2n) is 8.63. The first-order valence-corrected chi connectivity index (χ1v) is 11.1. The smallest absolute Gasteiger partial charge is 0.337 e. The fraction of sp³-hybridized carbons (Fsp3) is 0.520. The fourth-order valence-electron chi connectivity index (χ4n) is 3.48. The number of fused-ring (bicyclic) bond motifs is 2. The Balaban J connectivity index is 2.47. The molecule has 1 amide bonds. The van der Waals surface area contributed by atoms with E-state index in [1.807, 2.05) is 19.9 Å². The maximum Gasteiger partial charge on any atom is 0.337 e. The molecule has 0 saturated carbocycles. The number of allylic oxidation sites excluding steroid dienone is 4. The second kappa shape index (κ2) is 12.0. The summed E-state index contributed by atoms with van der Waals surface area (Å²) < 4.78 is 11.6. The molecule has 0 spiro atoms.